The third kappa shape index (κ3) is 5.08. The van der Waals surface area contributed by atoms with Gasteiger partial charge in [0.2, 0.25) is 0 Å². The SMILES string of the molecule is c1ccc2cc(-c3ccc(-c4ccc(-c5ccc(-c6ccc(-c7ccc8ccccc8c7)cc6)cc5)cc4)cc3)ccc2c1. The third-order valence-electron chi connectivity index (χ3n) is 8.71. The second-order valence-corrected chi connectivity index (χ2v) is 11.4. The minimum absolute atomic E-state index is 1.22. The van der Waals surface area contributed by atoms with Gasteiger partial charge in [-0.2, -0.15) is 0 Å². The van der Waals surface area contributed by atoms with E-state index in [-0.39, 0.29) is 0 Å². The highest BCUT2D eigenvalue weighted by Crippen LogP contribution is 2.31. The lowest BCUT2D eigenvalue weighted by atomic mass is 9.96. The Morgan fingerprint density at radius 3 is 0.636 bits per heavy atom. The third-order valence-corrected chi connectivity index (χ3v) is 8.71. The zero-order valence-corrected chi connectivity index (χ0v) is 24.3. The van der Waals surface area contributed by atoms with Crippen LogP contribution in [0, 0.1) is 0 Å². The molecule has 0 nitrogen and oxygen atoms in total. The molecule has 0 spiro atoms. The maximum atomic E-state index is 2.27. The predicted octanol–water partition coefficient (Wildman–Crippen LogP) is 12.3. The summed E-state index contributed by atoms with van der Waals surface area (Å²) in [5, 5.41) is 5.09. The monoisotopic (exact) mass is 558 g/mol. The van der Waals surface area contributed by atoms with Crippen molar-refractivity contribution in [2.45, 2.75) is 0 Å². The van der Waals surface area contributed by atoms with Crippen LogP contribution in [0.2, 0.25) is 0 Å². The lowest BCUT2D eigenvalue weighted by Gasteiger charge is -2.09. The molecule has 0 fully saturated rings. The van der Waals surface area contributed by atoms with Crippen LogP contribution in [0.4, 0.5) is 0 Å². The van der Waals surface area contributed by atoms with Crippen LogP contribution in [0.3, 0.4) is 0 Å². The van der Waals surface area contributed by atoms with Crippen LogP contribution >= 0.6 is 0 Å². The van der Waals surface area contributed by atoms with E-state index in [0.717, 1.165) is 0 Å². The molecule has 0 aliphatic rings. The van der Waals surface area contributed by atoms with Crippen LogP contribution in [0.25, 0.3) is 77.2 Å². The molecule has 0 unspecified atom stereocenters. The topological polar surface area (TPSA) is 0 Å². The van der Waals surface area contributed by atoms with E-state index in [1.165, 1.54) is 77.2 Å². The Kier molecular flexibility index (Phi) is 6.59. The van der Waals surface area contributed by atoms with E-state index in [0.29, 0.717) is 0 Å². The van der Waals surface area contributed by atoms with Gasteiger partial charge in [0.05, 0.1) is 0 Å². The van der Waals surface area contributed by atoms with Gasteiger partial charge in [0, 0.05) is 0 Å². The van der Waals surface area contributed by atoms with Crippen LogP contribution in [-0.4, -0.2) is 0 Å². The van der Waals surface area contributed by atoms with E-state index in [1.807, 2.05) is 0 Å². The van der Waals surface area contributed by atoms with Crippen LogP contribution in [0.15, 0.2) is 182 Å². The quantitative estimate of drug-likeness (QED) is 0.197. The molecule has 0 saturated heterocycles. The Balaban J connectivity index is 0.969. The van der Waals surface area contributed by atoms with E-state index in [1.54, 1.807) is 0 Å². The first-order valence-electron chi connectivity index (χ1n) is 15.2. The Morgan fingerprint density at radius 2 is 0.364 bits per heavy atom. The normalized spacial score (nSPS) is 11.2. The first-order valence-corrected chi connectivity index (χ1v) is 15.2. The number of fused-ring (bicyclic) bond motifs is 2. The average Bonchev–Trinajstić information content (AvgIpc) is 3.11. The van der Waals surface area contributed by atoms with Crippen molar-refractivity contribution in [3.8, 4) is 55.6 Å². The van der Waals surface area contributed by atoms with E-state index >= 15 is 0 Å². The molecular formula is C44H30. The van der Waals surface area contributed by atoms with Crippen molar-refractivity contribution in [2.75, 3.05) is 0 Å². The van der Waals surface area contributed by atoms with Crippen molar-refractivity contribution in [2.24, 2.45) is 0 Å². The molecule has 0 saturated carbocycles. The van der Waals surface area contributed by atoms with E-state index < -0.39 is 0 Å². The molecule has 8 rings (SSSR count). The van der Waals surface area contributed by atoms with Gasteiger partial charge in [-0.1, -0.05) is 170 Å². The predicted molar refractivity (Wildman–Crippen MR) is 189 cm³/mol. The summed E-state index contributed by atoms with van der Waals surface area (Å²) in [5.41, 5.74) is 12.3. The fourth-order valence-corrected chi connectivity index (χ4v) is 6.16. The van der Waals surface area contributed by atoms with Gasteiger partial charge in [-0.3, -0.25) is 0 Å². The van der Waals surface area contributed by atoms with Crippen molar-refractivity contribution in [3.63, 3.8) is 0 Å². The van der Waals surface area contributed by atoms with Gasteiger partial charge < -0.3 is 0 Å². The molecular weight excluding hydrogens is 528 g/mol. The van der Waals surface area contributed by atoms with Gasteiger partial charge >= 0.3 is 0 Å². The lowest BCUT2D eigenvalue weighted by Crippen LogP contribution is -1.84. The smallest absolute Gasteiger partial charge is 0.0178 e. The van der Waals surface area contributed by atoms with Gasteiger partial charge in [-0.05, 0) is 89.3 Å². The van der Waals surface area contributed by atoms with Gasteiger partial charge in [0.15, 0.2) is 0 Å². The largest absolute Gasteiger partial charge is 0.0616 e. The summed E-state index contributed by atoms with van der Waals surface area (Å²) >= 11 is 0. The molecule has 0 heteroatoms. The van der Waals surface area contributed by atoms with Crippen molar-refractivity contribution in [1.82, 2.24) is 0 Å². The summed E-state index contributed by atoms with van der Waals surface area (Å²) in [7, 11) is 0. The van der Waals surface area contributed by atoms with Gasteiger partial charge in [-0.15, -0.1) is 0 Å². The summed E-state index contributed by atoms with van der Waals surface area (Å²) in [6, 6.07) is 65.9. The van der Waals surface area contributed by atoms with Gasteiger partial charge in [0.25, 0.3) is 0 Å². The summed E-state index contributed by atoms with van der Waals surface area (Å²) in [6.07, 6.45) is 0. The summed E-state index contributed by atoms with van der Waals surface area (Å²) < 4.78 is 0. The first kappa shape index (κ1) is 25.9. The van der Waals surface area contributed by atoms with E-state index in [4.69, 9.17) is 0 Å². The molecule has 0 aromatic heterocycles. The standard InChI is InChI=1S/C44H30/c1-3-7-41-29-43(27-25-31(41)5-1)39-21-17-37(18-22-39)35-13-9-33(10-14-35)34-11-15-36(16-12-34)38-19-23-40(24-20-38)44-28-26-32-6-2-4-8-42(32)30-44/h1-30H. The summed E-state index contributed by atoms with van der Waals surface area (Å²) in [6.45, 7) is 0. The molecule has 0 aliphatic heterocycles. The minimum atomic E-state index is 1.22. The highest BCUT2D eigenvalue weighted by Gasteiger charge is 2.06. The van der Waals surface area contributed by atoms with E-state index in [9.17, 15) is 0 Å². The molecule has 8 aromatic carbocycles. The molecule has 44 heavy (non-hydrogen) atoms. The van der Waals surface area contributed by atoms with Gasteiger partial charge in [0.1, 0.15) is 0 Å². The summed E-state index contributed by atoms with van der Waals surface area (Å²) in [4.78, 5) is 0. The minimum Gasteiger partial charge on any atom is -0.0616 e. The fourth-order valence-electron chi connectivity index (χ4n) is 6.16. The zero-order chi connectivity index (χ0) is 29.3. The van der Waals surface area contributed by atoms with Crippen molar-refractivity contribution in [3.05, 3.63) is 182 Å². The molecule has 8 aromatic rings. The number of hydrogen-bond donors (Lipinski definition) is 0. The van der Waals surface area contributed by atoms with Crippen molar-refractivity contribution in [1.29, 1.82) is 0 Å². The molecule has 0 bridgehead atoms. The Labute approximate surface area is 258 Å². The van der Waals surface area contributed by atoms with Crippen LogP contribution in [0.1, 0.15) is 0 Å². The Bertz CT molecular complexity index is 2050. The number of rotatable bonds is 5. The average molecular weight is 559 g/mol. The molecule has 0 radical (unpaired) electrons. The molecule has 0 heterocycles. The Morgan fingerprint density at radius 1 is 0.159 bits per heavy atom. The molecule has 0 atom stereocenters. The van der Waals surface area contributed by atoms with Crippen LogP contribution in [-0.2, 0) is 0 Å². The highest BCUT2D eigenvalue weighted by molar-refractivity contribution is 5.89. The highest BCUT2D eigenvalue weighted by atomic mass is 14.1. The van der Waals surface area contributed by atoms with Crippen molar-refractivity contribution >= 4 is 21.5 Å². The lowest BCUT2D eigenvalue weighted by molar-refractivity contribution is 1.57. The van der Waals surface area contributed by atoms with Crippen LogP contribution in [0.5, 0.6) is 0 Å². The summed E-state index contributed by atoms with van der Waals surface area (Å²) in [5.74, 6) is 0. The first-order chi connectivity index (χ1) is 21.8. The number of hydrogen-bond acceptors (Lipinski definition) is 0. The second kappa shape index (κ2) is 11.2. The van der Waals surface area contributed by atoms with Crippen molar-refractivity contribution < 1.29 is 0 Å². The number of benzene rings is 8. The zero-order valence-electron chi connectivity index (χ0n) is 24.3. The molecule has 0 aliphatic carbocycles. The van der Waals surface area contributed by atoms with E-state index in [2.05, 4.69) is 182 Å². The van der Waals surface area contributed by atoms with Crippen LogP contribution < -0.4 is 0 Å². The maximum absolute atomic E-state index is 2.27. The molecule has 206 valence electrons. The second-order valence-electron chi connectivity index (χ2n) is 11.4. The van der Waals surface area contributed by atoms with Gasteiger partial charge in [-0.25, -0.2) is 0 Å². The fraction of sp³-hybridized carbons (Fsp3) is 0. The maximum Gasteiger partial charge on any atom is -0.0178 e. The Hall–Kier alpha value is -5.72. The molecule has 0 amide bonds. The molecule has 0 N–H and O–H groups in total.